The van der Waals surface area contributed by atoms with Crippen LogP contribution in [0.25, 0.3) is 5.57 Å². The minimum Gasteiger partial charge on any atom is -0.392 e. The fourth-order valence-electron chi connectivity index (χ4n) is 2.72. The fraction of sp³-hybridized carbons (Fsp3) is 0.286. The molecule has 0 bridgehead atoms. The SMILES string of the molecule is CN(C)CC/C=C(/c1ccc(F)cc1)c1ccc(CC#N)cc1CO. The Morgan fingerprint density at radius 2 is 1.92 bits per heavy atom. The molecule has 0 heterocycles. The van der Waals surface area contributed by atoms with Gasteiger partial charge in [-0.3, -0.25) is 0 Å². The Bertz CT molecular complexity index is 773. The molecule has 2 rings (SSSR count). The van der Waals surface area contributed by atoms with Crippen LogP contribution in [0.3, 0.4) is 0 Å². The lowest BCUT2D eigenvalue weighted by Crippen LogP contribution is -2.12. The van der Waals surface area contributed by atoms with E-state index in [9.17, 15) is 9.50 Å². The molecule has 4 heteroatoms. The van der Waals surface area contributed by atoms with Gasteiger partial charge in [0.15, 0.2) is 0 Å². The Hall–Kier alpha value is -2.48. The highest BCUT2D eigenvalue weighted by Gasteiger charge is 2.11. The van der Waals surface area contributed by atoms with Crippen LogP contribution in [0, 0.1) is 17.1 Å². The minimum atomic E-state index is -0.275. The van der Waals surface area contributed by atoms with Gasteiger partial charge in [0.05, 0.1) is 19.1 Å². The number of aliphatic hydroxyl groups excluding tert-OH is 1. The lowest BCUT2D eigenvalue weighted by atomic mass is 9.91. The summed E-state index contributed by atoms with van der Waals surface area (Å²) in [6.07, 6.45) is 3.26. The van der Waals surface area contributed by atoms with Crippen molar-refractivity contribution < 1.29 is 9.50 Å². The van der Waals surface area contributed by atoms with Crippen LogP contribution in [0.1, 0.15) is 28.7 Å². The Balaban J connectivity index is 2.47. The Kier molecular flexibility index (Phi) is 6.88. The molecule has 0 unspecified atom stereocenters. The molecule has 130 valence electrons. The van der Waals surface area contributed by atoms with Crippen molar-refractivity contribution in [2.24, 2.45) is 0 Å². The van der Waals surface area contributed by atoms with Crippen LogP contribution in [-0.2, 0) is 13.0 Å². The van der Waals surface area contributed by atoms with Gasteiger partial charge >= 0.3 is 0 Å². The molecule has 0 aliphatic heterocycles. The molecule has 2 aromatic rings. The smallest absolute Gasteiger partial charge is 0.123 e. The van der Waals surface area contributed by atoms with Gasteiger partial charge in [0.25, 0.3) is 0 Å². The van der Waals surface area contributed by atoms with E-state index in [4.69, 9.17) is 5.26 Å². The van der Waals surface area contributed by atoms with Gasteiger partial charge in [-0.05, 0) is 60.5 Å². The first-order chi connectivity index (χ1) is 12.0. The lowest BCUT2D eigenvalue weighted by molar-refractivity contribution is 0.281. The summed E-state index contributed by atoms with van der Waals surface area (Å²) in [7, 11) is 4.03. The molecule has 0 saturated carbocycles. The summed E-state index contributed by atoms with van der Waals surface area (Å²) < 4.78 is 13.3. The summed E-state index contributed by atoms with van der Waals surface area (Å²) in [5.74, 6) is -0.275. The van der Waals surface area contributed by atoms with E-state index in [0.717, 1.165) is 40.8 Å². The van der Waals surface area contributed by atoms with Gasteiger partial charge in [0.2, 0.25) is 0 Å². The van der Waals surface area contributed by atoms with Crippen molar-refractivity contribution in [3.8, 4) is 6.07 Å². The summed E-state index contributed by atoms with van der Waals surface area (Å²) in [4.78, 5) is 2.10. The number of halogens is 1. The van der Waals surface area contributed by atoms with E-state index in [2.05, 4.69) is 17.0 Å². The lowest BCUT2D eigenvalue weighted by Gasteiger charge is -2.15. The van der Waals surface area contributed by atoms with Crippen LogP contribution in [0.15, 0.2) is 48.5 Å². The van der Waals surface area contributed by atoms with E-state index in [1.165, 1.54) is 12.1 Å². The third-order valence-electron chi connectivity index (χ3n) is 3.99. The van der Waals surface area contributed by atoms with Crippen LogP contribution >= 0.6 is 0 Å². The number of hydrogen-bond acceptors (Lipinski definition) is 3. The van der Waals surface area contributed by atoms with Crippen LogP contribution in [0.5, 0.6) is 0 Å². The number of hydrogen-bond donors (Lipinski definition) is 1. The molecular weight excluding hydrogens is 315 g/mol. The second-order valence-electron chi connectivity index (χ2n) is 6.20. The van der Waals surface area contributed by atoms with E-state index in [1.54, 1.807) is 12.1 Å². The average Bonchev–Trinajstić information content (AvgIpc) is 2.60. The molecular formula is C21H23FN2O. The summed E-state index contributed by atoms with van der Waals surface area (Å²) in [6, 6.07) is 14.2. The second kappa shape index (κ2) is 9.12. The molecule has 0 aromatic heterocycles. The maximum Gasteiger partial charge on any atom is 0.123 e. The number of aliphatic hydroxyl groups is 1. The number of nitriles is 1. The zero-order valence-electron chi connectivity index (χ0n) is 14.7. The van der Waals surface area contributed by atoms with Gasteiger partial charge in [0.1, 0.15) is 5.82 Å². The third kappa shape index (κ3) is 5.25. The first-order valence-electron chi connectivity index (χ1n) is 8.26. The highest BCUT2D eigenvalue weighted by molar-refractivity contribution is 5.81. The molecule has 0 aliphatic carbocycles. The van der Waals surface area contributed by atoms with Gasteiger partial charge < -0.3 is 10.0 Å². The van der Waals surface area contributed by atoms with E-state index >= 15 is 0 Å². The number of rotatable bonds is 7. The highest BCUT2D eigenvalue weighted by atomic mass is 19.1. The van der Waals surface area contributed by atoms with Crippen molar-refractivity contribution >= 4 is 5.57 Å². The van der Waals surface area contributed by atoms with Crippen molar-refractivity contribution in [1.29, 1.82) is 5.26 Å². The van der Waals surface area contributed by atoms with Crippen molar-refractivity contribution in [1.82, 2.24) is 4.90 Å². The van der Waals surface area contributed by atoms with Crippen molar-refractivity contribution in [2.45, 2.75) is 19.4 Å². The van der Waals surface area contributed by atoms with Gasteiger partial charge in [-0.1, -0.05) is 36.4 Å². The molecule has 3 nitrogen and oxygen atoms in total. The maximum absolute atomic E-state index is 13.3. The molecule has 0 aliphatic rings. The van der Waals surface area contributed by atoms with Gasteiger partial charge in [-0.25, -0.2) is 4.39 Å². The number of nitrogens with zero attached hydrogens (tertiary/aromatic N) is 2. The quantitative estimate of drug-likeness (QED) is 0.836. The zero-order chi connectivity index (χ0) is 18.2. The Labute approximate surface area is 148 Å². The zero-order valence-corrected chi connectivity index (χ0v) is 14.7. The van der Waals surface area contributed by atoms with Crippen molar-refractivity contribution in [3.63, 3.8) is 0 Å². The largest absolute Gasteiger partial charge is 0.392 e. The molecule has 2 aromatic carbocycles. The predicted octanol–water partition coefficient (Wildman–Crippen LogP) is 3.77. The maximum atomic E-state index is 13.3. The monoisotopic (exact) mass is 338 g/mol. The van der Waals surface area contributed by atoms with E-state index in [0.29, 0.717) is 6.42 Å². The summed E-state index contributed by atoms with van der Waals surface area (Å²) in [6.45, 7) is 0.784. The van der Waals surface area contributed by atoms with Crippen LogP contribution in [-0.4, -0.2) is 30.6 Å². The topological polar surface area (TPSA) is 47.3 Å². The Morgan fingerprint density at radius 1 is 1.20 bits per heavy atom. The third-order valence-corrected chi connectivity index (χ3v) is 3.99. The average molecular weight is 338 g/mol. The van der Waals surface area contributed by atoms with Crippen LogP contribution in [0.2, 0.25) is 0 Å². The molecule has 0 spiro atoms. The van der Waals surface area contributed by atoms with Crippen LogP contribution in [0.4, 0.5) is 4.39 Å². The van der Waals surface area contributed by atoms with Crippen LogP contribution < -0.4 is 0 Å². The predicted molar refractivity (Wildman–Crippen MR) is 98.3 cm³/mol. The Morgan fingerprint density at radius 3 is 2.52 bits per heavy atom. The summed E-state index contributed by atoms with van der Waals surface area (Å²) in [5, 5.41) is 18.7. The summed E-state index contributed by atoms with van der Waals surface area (Å²) >= 11 is 0. The van der Waals surface area contributed by atoms with Crippen molar-refractivity contribution in [3.05, 3.63) is 76.6 Å². The fourth-order valence-corrected chi connectivity index (χ4v) is 2.72. The number of benzene rings is 2. The molecule has 0 saturated heterocycles. The minimum absolute atomic E-state index is 0.110. The van der Waals surface area contributed by atoms with Gasteiger partial charge in [-0.2, -0.15) is 5.26 Å². The van der Waals surface area contributed by atoms with Gasteiger partial charge in [0, 0.05) is 6.54 Å². The second-order valence-corrected chi connectivity index (χ2v) is 6.20. The molecule has 25 heavy (non-hydrogen) atoms. The highest BCUT2D eigenvalue weighted by Crippen LogP contribution is 2.28. The van der Waals surface area contributed by atoms with E-state index < -0.39 is 0 Å². The van der Waals surface area contributed by atoms with Gasteiger partial charge in [-0.15, -0.1) is 0 Å². The molecule has 0 fully saturated rings. The van der Waals surface area contributed by atoms with E-state index in [1.807, 2.05) is 32.3 Å². The van der Waals surface area contributed by atoms with Crippen molar-refractivity contribution in [2.75, 3.05) is 20.6 Å². The summed E-state index contributed by atoms with van der Waals surface area (Å²) in [5.41, 5.74) is 4.43. The molecule has 0 radical (unpaired) electrons. The van der Waals surface area contributed by atoms with E-state index in [-0.39, 0.29) is 12.4 Å². The molecule has 0 atom stereocenters. The molecule has 1 N–H and O–H groups in total. The molecule has 0 amide bonds. The standard InChI is InChI=1S/C21H23FN2O/c1-24(2)13-3-4-20(17-6-8-19(22)9-7-17)21-10-5-16(11-12-23)14-18(21)15-25/h4-10,14,25H,3,11,13,15H2,1-2H3/b20-4-. The first kappa shape index (κ1) is 18.9. The normalized spacial score (nSPS) is 11.6. The first-order valence-corrected chi connectivity index (χ1v) is 8.26.